The Morgan fingerprint density at radius 1 is 1.12 bits per heavy atom. The topological polar surface area (TPSA) is 36.2 Å². The Morgan fingerprint density at radius 3 is 2.25 bits per heavy atom. The van der Waals surface area contributed by atoms with E-state index >= 15 is 0 Å². The Hall–Kier alpha value is -2.28. The SMILES string of the molecule is CN(C)c1cc[n+](CC(=O)Nc2ccccc2C(F)(F)F)cc1.[Cl-]. The molecule has 1 aromatic carbocycles. The van der Waals surface area contributed by atoms with E-state index in [1.807, 2.05) is 31.1 Å². The summed E-state index contributed by atoms with van der Waals surface area (Å²) in [6.07, 6.45) is -1.11. The monoisotopic (exact) mass is 359 g/mol. The van der Waals surface area contributed by atoms with Gasteiger partial charge in [0.05, 0.1) is 11.3 Å². The van der Waals surface area contributed by atoms with Gasteiger partial charge in [-0.2, -0.15) is 17.7 Å². The minimum Gasteiger partial charge on any atom is -1.00 e. The van der Waals surface area contributed by atoms with E-state index in [1.54, 1.807) is 17.0 Å². The normalized spacial score (nSPS) is 10.7. The van der Waals surface area contributed by atoms with E-state index in [1.165, 1.54) is 18.2 Å². The van der Waals surface area contributed by atoms with Crippen LogP contribution in [-0.2, 0) is 17.5 Å². The van der Waals surface area contributed by atoms with Crippen molar-refractivity contribution in [2.24, 2.45) is 0 Å². The fourth-order valence-electron chi connectivity index (χ4n) is 2.05. The van der Waals surface area contributed by atoms with Crippen molar-refractivity contribution in [2.75, 3.05) is 24.3 Å². The molecule has 1 aromatic heterocycles. The van der Waals surface area contributed by atoms with Gasteiger partial charge in [0.25, 0.3) is 5.91 Å². The lowest BCUT2D eigenvalue weighted by Crippen LogP contribution is -3.00. The van der Waals surface area contributed by atoms with Crippen LogP contribution in [0.2, 0.25) is 0 Å². The number of benzene rings is 1. The highest BCUT2D eigenvalue weighted by molar-refractivity contribution is 5.90. The molecule has 1 amide bonds. The Bertz CT molecular complexity index is 688. The highest BCUT2D eigenvalue weighted by Gasteiger charge is 2.33. The smallest absolute Gasteiger partial charge is 0.418 e. The number of anilines is 2. The zero-order valence-electron chi connectivity index (χ0n) is 13.1. The van der Waals surface area contributed by atoms with Crippen LogP contribution in [0.15, 0.2) is 48.8 Å². The van der Waals surface area contributed by atoms with Crippen LogP contribution < -0.4 is 27.2 Å². The number of nitrogens with zero attached hydrogens (tertiary/aromatic N) is 2. The lowest BCUT2D eigenvalue weighted by Gasteiger charge is -2.13. The van der Waals surface area contributed by atoms with Crippen LogP contribution in [0.4, 0.5) is 24.5 Å². The van der Waals surface area contributed by atoms with Crippen LogP contribution in [0.5, 0.6) is 0 Å². The number of carbonyl (C=O) groups is 1. The standard InChI is InChI=1S/C16H16F3N3O.ClH/c1-21(2)12-7-9-22(10-8-12)11-15(23)20-14-6-4-3-5-13(14)16(17,18)19;/h3-10H,11H2,1-2H3;1H. The summed E-state index contributed by atoms with van der Waals surface area (Å²) in [5, 5.41) is 2.31. The minimum atomic E-state index is -4.51. The number of aromatic nitrogens is 1. The molecule has 0 fully saturated rings. The summed E-state index contributed by atoms with van der Waals surface area (Å²) in [6, 6.07) is 8.54. The Labute approximate surface area is 144 Å². The summed E-state index contributed by atoms with van der Waals surface area (Å²) in [5.41, 5.74) is -0.138. The van der Waals surface area contributed by atoms with E-state index in [0.717, 1.165) is 11.8 Å². The summed E-state index contributed by atoms with van der Waals surface area (Å²) in [4.78, 5) is 13.9. The second kappa shape index (κ2) is 8.01. The average molecular weight is 360 g/mol. The Kier molecular flexibility index (Phi) is 6.60. The predicted octanol–water partition coefficient (Wildman–Crippen LogP) is -0.298. The number of alkyl halides is 3. The first kappa shape index (κ1) is 19.8. The molecule has 0 unspecified atom stereocenters. The number of carbonyl (C=O) groups excluding carboxylic acids is 1. The largest absolute Gasteiger partial charge is 1.00 e. The summed E-state index contributed by atoms with van der Waals surface area (Å²) in [5.74, 6) is -0.524. The summed E-state index contributed by atoms with van der Waals surface area (Å²) in [7, 11) is 3.78. The Balaban J connectivity index is 0.00000288. The molecule has 2 aromatic rings. The third kappa shape index (κ3) is 5.13. The maximum absolute atomic E-state index is 12.9. The lowest BCUT2D eigenvalue weighted by molar-refractivity contribution is -0.684. The van der Waals surface area contributed by atoms with Gasteiger partial charge in [-0.1, -0.05) is 12.1 Å². The number of nitrogens with one attached hydrogen (secondary N) is 1. The van der Waals surface area contributed by atoms with Gasteiger partial charge in [-0.25, -0.2) is 0 Å². The van der Waals surface area contributed by atoms with E-state index in [2.05, 4.69) is 5.32 Å². The molecule has 0 saturated heterocycles. The van der Waals surface area contributed by atoms with Crippen LogP contribution in [0.25, 0.3) is 0 Å². The quantitative estimate of drug-likeness (QED) is 0.761. The molecule has 0 aliphatic carbocycles. The third-order valence-corrected chi connectivity index (χ3v) is 3.22. The number of hydrogen-bond acceptors (Lipinski definition) is 2. The van der Waals surface area contributed by atoms with Crippen LogP contribution in [0.1, 0.15) is 5.56 Å². The number of hydrogen-bond donors (Lipinski definition) is 1. The van der Waals surface area contributed by atoms with E-state index in [9.17, 15) is 18.0 Å². The van der Waals surface area contributed by atoms with E-state index < -0.39 is 17.6 Å². The van der Waals surface area contributed by atoms with Gasteiger partial charge in [-0.05, 0) is 12.1 Å². The summed E-state index contributed by atoms with van der Waals surface area (Å²) >= 11 is 0. The third-order valence-electron chi connectivity index (χ3n) is 3.22. The summed E-state index contributed by atoms with van der Waals surface area (Å²) < 4.78 is 40.2. The molecule has 8 heteroatoms. The first-order valence-corrected chi connectivity index (χ1v) is 6.90. The van der Waals surface area contributed by atoms with Crippen molar-refractivity contribution in [3.8, 4) is 0 Å². The molecule has 0 saturated carbocycles. The molecule has 0 atom stereocenters. The van der Waals surface area contributed by atoms with Crippen molar-refractivity contribution in [1.82, 2.24) is 0 Å². The van der Waals surface area contributed by atoms with Crippen molar-refractivity contribution in [3.05, 3.63) is 54.4 Å². The maximum atomic E-state index is 12.9. The van der Waals surface area contributed by atoms with Gasteiger partial charge in [0.15, 0.2) is 12.4 Å². The van der Waals surface area contributed by atoms with Crippen LogP contribution in [0.3, 0.4) is 0 Å². The van der Waals surface area contributed by atoms with Crippen molar-refractivity contribution in [1.29, 1.82) is 0 Å². The molecular formula is C16H17ClF3N3O. The van der Waals surface area contributed by atoms with E-state index in [-0.39, 0.29) is 24.6 Å². The van der Waals surface area contributed by atoms with Crippen molar-refractivity contribution >= 4 is 17.3 Å². The highest BCUT2D eigenvalue weighted by Crippen LogP contribution is 2.34. The molecule has 1 heterocycles. The molecule has 0 radical (unpaired) electrons. The van der Waals surface area contributed by atoms with Crippen molar-refractivity contribution in [2.45, 2.75) is 12.7 Å². The fraction of sp³-hybridized carbons (Fsp3) is 0.250. The number of halogens is 4. The zero-order valence-corrected chi connectivity index (χ0v) is 13.9. The fourth-order valence-corrected chi connectivity index (χ4v) is 2.05. The number of para-hydroxylation sites is 1. The molecule has 1 N–H and O–H groups in total. The van der Waals surface area contributed by atoms with Crippen LogP contribution in [0, 0.1) is 0 Å². The van der Waals surface area contributed by atoms with Crippen LogP contribution >= 0.6 is 0 Å². The minimum absolute atomic E-state index is 0. The molecule has 24 heavy (non-hydrogen) atoms. The molecule has 4 nitrogen and oxygen atoms in total. The first-order chi connectivity index (χ1) is 10.8. The molecule has 0 aliphatic heterocycles. The molecule has 0 bridgehead atoms. The van der Waals surface area contributed by atoms with Gasteiger partial charge in [-0.15, -0.1) is 0 Å². The molecule has 130 valence electrons. The molecule has 0 aliphatic rings. The van der Waals surface area contributed by atoms with Crippen molar-refractivity contribution < 1.29 is 34.9 Å². The maximum Gasteiger partial charge on any atom is 0.418 e. The van der Waals surface area contributed by atoms with Crippen molar-refractivity contribution in [3.63, 3.8) is 0 Å². The molecular weight excluding hydrogens is 343 g/mol. The van der Waals surface area contributed by atoms with Gasteiger partial charge in [0, 0.05) is 31.9 Å². The molecule has 2 rings (SSSR count). The zero-order chi connectivity index (χ0) is 17.0. The van der Waals surface area contributed by atoms with Gasteiger partial charge >= 0.3 is 6.18 Å². The average Bonchev–Trinajstić information content (AvgIpc) is 2.47. The second-order valence-electron chi connectivity index (χ2n) is 5.21. The van der Waals surface area contributed by atoms with Crippen LogP contribution in [-0.4, -0.2) is 20.0 Å². The van der Waals surface area contributed by atoms with Gasteiger partial charge in [0.2, 0.25) is 6.54 Å². The number of amides is 1. The molecule has 0 spiro atoms. The lowest BCUT2D eigenvalue weighted by atomic mass is 10.1. The first-order valence-electron chi connectivity index (χ1n) is 6.90. The Morgan fingerprint density at radius 2 is 1.71 bits per heavy atom. The number of pyridine rings is 1. The summed E-state index contributed by atoms with van der Waals surface area (Å²) in [6.45, 7) is -0.0695. The highest BCUT2D eigenvalue weighted by atomic mass is 35.5. The van der Waals surface area contributed by atoms with Gasteiger partial charge in [-0.3, -0.25) is 4.79 Å². The number of rotatable bonds is 4. The van der Waals surface area contributed by atoms with Gasteiger partial charge in [0.1, 0.15) is 0 Å². The van der Waals surface area contributed by atoms with E-state index in [0.29, 0.717) is 0 Å². The second-order valence-corrected chi connectivity index (χ2v) is 5.21. The van der Waals surface area contributed by atoms with E-state index in [4.69, 9.17) is 0 Å². The predicted molar refractivity (Wildman–Crippen MR) is 81.0 cm³/mol. The van der Waals surface area contributed by atoms with Gasteiger partial charge < -0.3 is 22.6 Å².